The first-order valence-corrected chi connectivity index (χ1v) is 5.10. The lowest BCUT2D eigenvalue weighted by atomic mass is 10.0. The van der Waals surface area contributed by atoms with Crippen LogP contribution in [0.2, 0.25) is 0 Å². The molecule has 1 rings (SSSR count). The molecule has 0 aromatic heterocycles. The summed E-state index contributed by atoms with van der Waals surface area (Å²) in [5, 5.41) is 0. The van der Waals surface area contributed by atoms with Crippen molar-refractivity contribution in [1.29, 1.82) is 0 Å². The summed E-state index contributed by atoms with van der Waals surface area (Å²) in [4.78, 5) is 0. The Kier molecular flexibility index (Phi) is 4.18. The second-order valence-corrected chi connectivity index (χ2v) is 3.93. The monoisotopic (exact) mass is 186 g/mol. The molecule has 0 radical (unpaired) electrons. The van der Waals surface area contributed by atoms with Gasteiger partial charge in [0.15, 0.2) is 0 Å². The molecule has 14 heavy (non-hydrogen) atoms. The molecule has 0 saturated heterocycles. The van der Waals surface area contributed by atoms with Crippen molar-refractivity contribution < 1.29 is 0 Å². The molecular formula is C14H18. The summed E-state index contributed by atoms with van der Waals surface area (Å²) in [5.41, 5.74) is 2.65. The molecule has 0 unspecified atom stereocenters. The van der Waals surface area contributed by atoms with Gasteiger partial charge in [0, 0.05) is 0 Å². The van der Waals surface area contributed by atoms with Crippen molar-refractivity contribution in [3.05, 3.63) is 54.1 Å². The average Bonchev–Trinajstić information content (AvgIpc) is 2.16. The van der Waals surface area contributed by atoms with Gasteiger partial charge in [0.1, 0.15) is 0 Å². The molecule has 0 amide bonds. The van der Waals surface area contributed by atoms with E-state index in [9.17, 15) is 0 Å². The summed E-state index contributed by atoms with van der Waals surface area (Å²) in [6, 6.07) is 8.70. The second-order valence-electron chi connectivity index (χ2n) is 3.93. The molecule has 0 atom stereocenters. The van der Waals surface area contributed by atoms with Gasteiger partial charge in [-0.1, -0.05) is 62.9 Å². The molecular weight excluding hydrogens is 168 g/mol. The predicted molar refractivity (Wildman–Crippen MR) is 64.2 cm³/mol. The highest BCUT2D eigenvalue weighted by atomic mass is 14.0. The summed E-state index contributed by atoms with van der Waals surface area (Å²) >= 11 is 0. The van der Waals surface area contributed by atoms with E-state index in [0.717, 1.165) is 12.3 Å². The molecule has 1 aromatic carbocycles. The molecule has 0 aliphatic heterocycles. The van der Waals surface area contributed by atoms with Gasteiger partial charge in [-0.05, 0) is 23.5 Å². The minimum atomic E-state index is 0.726. The van der Waals surface area contributed by atoms with Crippen LogP contribution >= 0.6 is 0 Å². The Morgan fingerprint density at radius 2 is 1.86 bits per heavy atom. The standard InChI is InChI=1S/C14H18/c1-4-5-6-13-7-9-14(10-8-13)11-12(2)3/h4-10,12H,1,11H2,2-3H3. The van der Waals surface area contributed by atoms with Gasteiger partial charge in [0.25, 0.3) is 0 Å². The minimum absolute atomic E-state index is 0.726. The van der Waals surface area contributed by atoms with Crippen LogP contribution in [0.1, 0.15) is 25.0 Å². The molecule has 74 valence electrons. The summed E-state index contributed by atoms with van der Waals surface area (Å²) < 4.78 is 0. The van der Waals surface area contributed by atoms with Crippen molar-refractivity contribution in [3.63, 3.8) is 0 Å². The van der Waals surface area contributed by atoms with E-state index in [1.54, 1.807) is 6.08 Å². The third kappa shape index (κ3) is 3.61. The first-order valence-electron chi connectivity index (χ1n) is 5.10. The van der Waals surface area contributed by atoms with Crippen LogP contribution in [0.4, 0.5) is 0 Å². The van der Waals surface area contributed by atoms with E-state index < -0.39 is 0 Å². The molecule has 0 N–H and O–H groups in total. The Labute approximate surface area is 87.0 Å². The quantitative estimate of drug-likeness (QED) is 0.621. The molecule has 0 heterocycles. The average molecular weight is 186 g/mol. The maximum Gasteiger partial charge on any atom is -0.0256 e. The molecule has 0 aliphatic rings. The van der Waals surface area contributed by atoms with Crippen molar-refractivity contribution in [2.24, 2.45) is 5.92 Å². The molecule has 0 bridgehead atoms. The number of benzene rings is 1. The van der Waals surface area contributed by atoms with Crippen LogP contribution < -0.4 is 0 Å². The van der Waals surface area contributed by atoms with Crippen LogP contribution in [-0.2, 0) is 6.42 Å². The largest absolute Gasteiger partial charge is 0.0991 e. The third-order valence-corrected chi connectivity index (χ3v) is 2.05. The van der Waals surface area contributed by atoms with Gasteiger partial charge in [-0.3, -0.25) is 0 Å². The van der Waals surface area contributed by atoms with Gasteiger partial charge < -0.3 is 0 Å². The van der Waals surface area contributed by atoms with Crippen LogP contribution in [0.15, 0.2) is 43.0 Å². The van der Waals surface area contributed by atoms with Crippen LogP contribution in [0.5, 0.6) is 0 Å². The van der Waals surface area contributed by atoms with Crippen molar-refractivity contribution >= 4 is 6.08 Å². The van der Waals surface area contributed by atoms with Gasteiger partial charge in [-0.25, -0.2) is 0 Å². The van der Waals surface area contributed by atoms with Gasteiger partial charge in [-0.2, -0.15) is 0 Å². The molecule has 0 spiro atoms. The van der Waals surface area contributed by atoms with Gasteiger partial charge in [0.05, 0.1) is 0 Å². The van der Waals surface area contributed by atoms with Crippen LogP contribution in [0, 0.1) is 5.92 Å². The van der Waals surface area contributed by atoms with Crippen LogP contribution in [0.3, 0.4) is 0 Å². The van der Waals surface area contributed by atoms with E-state index >= 15 is 0 Å². The fourth-order valence-corrected chi connectivity index (χ4v) is 1.42. The van der Waals surface area contributed by atoms with Crippen molar-refractivity contribution in [1.82, 2.24) is 0 Å². The highest BCUT2D eigenvalue weighted by Gasteiger charge is 1.96. The lowest BCUT2D eigenvalue weighted by molar-refractivity contribution is 0.647. The van der Waals surface area contributed by atoms with Crippen LogP contribution in [0.25, 0.3) is 6.08 Å². The van der Waals surface area contributed by atoms with Crippen molar-refractivity contribution in [3.8, 4) is 0 Å². The summed E-state index contributed by atoms with van der Waals surface area (Å²) in [6.07, 6.45) is 6.97. The lowest BCUT2D eigenvalue weighted by Crippen LogP contribution is -1.93. The molecule has 0 heteroatoms. The SMILES string of the molecule is C=CC=Cc1ccc(CC(C)C)cc1. The van der Waals surface area contributed by atoms with E-state index in [1.165, 1.54) is 11.1 Å². The van der Waals surface area contributed by atoms with E-state index in [1.807, 2.05) is 6.08 Å². The highest BCUT2D eigenvalue weighted by Crippen LogP contribution is 2.10. The number of allylic oxidation sites excluding steroid dienone is 2. The summed E-state index contributed by atoms with van der Waals surface area (Å²) in [5.74, 6) is 0.726. The van der Waals surface area contributed by atoms with Crippen molar-refractivity contribution in [2.45, 2.75) is 20.3 Å². The third-order valence-electron chi connectivity index (χ3n) is 2.05. The molecule has 0 nitrogen and oxygen atoms in total. The van der Waals surface area contributed by atoms with Gasteiger partial charge >= 0.3 is 0 Å². The summed E-state index contributed by atoms with van der Waals surface area (Å²) in [6.45, 7) is 8.13. The van der Waals surface area contributed by atoms with Crippen LogP contribution in [-0.4, -0.2) is 0 Å². The zero-order chi connectivity index (χ0) is 10.4. The number of hydrogen-bond acceptors (Lipinski definition) is 0. The van der Waals surface area contributed by atoms with Gasteiger partial charge in [0.2, 0.25) is 0 Å². The Bertz CT molecular complexity index is 301. The van der Waals surface area contributed by atoms with E-state index in [2.05, 4.69) is 50.8 Å². The Morgan fingerprint density at radius 1 is 1.21 bits per heavy atom. The normalized spacial score (nSPS) is 11.1. The lowest BCUT2D eigenvalue weighted by Gasteiger charge is -2.04. The summed E-state index contributed by atoms with van der Waals surface area (Å²) in [7, 11) is 0. The fourth-order valence-electron chi connectivity index (χ4n) is 1.42. The Hall–Kier alpha value is -1.30. The zero-order valence-electron chi connectivity index (χ0n) is 9.03. The molecule has 0 aliphatic carbocycles. The topological polar surface area (TPSA) is 0 Å². The minimum Gasteiger partial charge on any atom is -0.0991 e. The first-order chi connectivity index (χ1) is 6.72. The molecule has 1 aromatic rings. The number of rotatable bonds is 4. The Morgan fingerprint density at radius 3 is 2.36 bits per heavy atom. The predicted octanol–water partition coefficient (Wildman–Crippen LogP) is 4.08. The van der Waals surface area contributed by atoms with E-state index in [-0.39, 0.29) is 0 Å². The Balaban J connectivity index is 2.68. The maximum atomic E-state index is 3.65. The molecule has 0 fully saturated rings. The highest BCUT2D eigenvalue weighted by molar-refractivity contribution is 5.51. The molecule has 0 saturated carbocycles. The van der Waals surface area contributed by atoms with Crippen molar-refractivity contribution in [2.75, 3.05) is 0 Å². The first kappa shape index (κ1) is 10.8. The smallest absolute Gasteiger partial charge is 0.0256 e. The second kappa shape index (κ2) is 5.43. The van der Waals surface area contributed by atoms with E-state index in [4.69, 9.17) is 0 Å². The fraction of sp³-hybridized carbons (Fsp3) is 0.286. The zero-order valence-corrected chi connectivity index (χ0v) is 9.03. The number of hydrogen-bond donors (Lipinski definition) is 0. The van der Waals surface area contributed by atoms with Gasteiger partial charge in [-0.15, -0.1) is 0 Å². The maximum absolute atomic E-state index is 3.65. The van der Waals surface area contributed by atoms with E-state index in [0.29, 0.717) is 0 Å².